The Hall–Kier alpha value is -0.0551. The van der Waals surface area contributed by atoms with Crippen LogP contribution in [0.2, 0.25) is 0 Å². The molecule has 0 aromatic carbocycles. The van der Waals surface area contributed by atoms with Gasteiger partial charge in [-0.2, -0.15) is 0 Å². The molecule has 1 rings (SSSR count). The second kappa shape index (κ2) is 3.87. The molecule has 1 fully saturated rings. The van der Waals surface area contributed by atoms with Crippen LogP contribution in [0.4, 0.5) is 0 Å². The molecule has 9 heavy (non-hydrogen) atoms. The van der Waals surface area contributed by atoms with Gasteiger partial charge in [-0.3, -0.25) is 0 Å². The summed E-state index contributed by atoms with van der Waals surface area (Å²) < 4.78 is 15.2. The van der Waals surface area contributed by atoms with Gasteiger partial charge in [0.1, 0.15) is 0 Å². The largest absolute Gasteiger partial charge is 0.639 e. The van der Waals surface area contributed by atoms with Gasteiger partial charge in [0.2, 0.25) is 0 Å². The van der Waals surface area contributed by atoms with Crippen molar-refractivity contribution in [2.45, 2.75) is 13.3 Å². The quantitative estimate of drug-likeness (QED) is 0.507. The van der Waals surface area contributed by atoms with Crippen LogP contribution in [0.1, 0.15) is 13.3 Å². The fraction of sp³-hybridized carbons (Fsp3) is 1.00. The van der Waals surface area contributed by atoms with E-state index in [-0.39, 0.29) is 0 Å². The lowest BCUT2D eigenvalue weighted by atomic mass is 10.2. The minimum absolute atomic E-state index is 0.399. The van der Waals surface area contributed by atoms with Crippen LogP contribution >= 0.6 is 0 Å². The van der Waals surface area contributed by atoms with Crippen LogP contribution in [0.25, 0.3) is 0 Å². The summed E-state index contributed by atoms with van der Waals surface area (Å²) in [6.45, 7) is 4.07. The third-order valence-electron chi connectivity index (χ3n) is 1.10. The number of hydrogen-bond donors (Lipinski definition) is 0. The molecule has 0 N–H and O–H groups in total. The SMILES string of the molecule is CCOB1OCCCO1. The maximum Gasteiger partial charge on any atom is 0.639 e. The fourth-order valence-corrected chi connectivity index (χ4v) is 0.698. The van der Waals surface area contributed by atoms with Crippen molar-refractivity contribution in [1.29, 1.82) is 0 Å². The smallest absolute Gasteiger partial charge is 0.386 e. The van der Waals surface area contributed by atoms with Crippen LogP contribution < -0.4 is 0 Å². The molecule has 0 aliphatic carbocycles. The first-order valence-corrected chi connectivity index (χ1v) is 3.28. The zero-order valence-corrected chi connectivity index (χ0v) is 5.63. The summed E-state index contributed by atoms with van der Waals surface area (Å²) in [6.07, 6.45) is 0.976. The Labute approximate surface area is 55.5 Å². The average Bonchev–Trinajstić information content (AvgIpc) is 1.91. The molecule has 3 nitrogen and oxygen atoms in total. The lowest BCUT2D eigenvalue weighted by Crippen LogP contribution is -2.32. The van der Waals surface area contributed by atoms with Crippen molar-refractivity contribution in [3.8, 4) is 0 Å². The van der Waals surface area contributed by atoms with Crippen molar-refractivity contribution >= 4 is 7.32 Å². The lowest BCUT2D eigenvalue weighted by Gasteiger charge is -2.17. The first-order chi connectivity index (χ1) is 4.43. The Balaban J connectivity index is 2.08. The second-order valence-electron chi connectivity index (χ2n) is 1.84. The first-order valence-electron chi connectivity index (χ1n) is 3.28. The van der Waals surface area contributed by atoms with E-state index in [1.807, 2.05) is 6.92 Å². The van der Waals surface area contributed by atoms with Crippen LogP contribution in [0.3, 0.4) is 0 Å². The van der Waals surface area contributed by atoms with E-state index in [1.54, 1.807) is 0 Å². The molecule has 0 atom stereocenters. The zero-order valence-electron chi connectivity index (χ0n) is 5.63. The highest BCUT2D eigenvalue weighted by Crippen LogP contribution is 2.00. The standard InChI is InChI=1S/C5H11BO3/c1-2-7-6-8-4-3-5-9-6/h2-5H2,1H3. The van der Waals surface area contributed by atoms with Crippen LogP contribution in [-0.2, 0) is 14.0 Å². The second-order valence-corrected chi connectivity index (χ2v) is 1.84. The van der Waals surface area contributed by atoms with E-state index in [9.17, 15) is 0 Å². The Morgan fingerprint density at radius 2 is 2.11 bits per heavy atom. The summed E-state index contributed by atoms with van der Waals surface area (Å²) in [5.41, 5.74) is 0. The molecule has 0 radical (unpaired) electrons. The maximum atomic E-state index is 5.07. The van der Waals surface area contributed by atoms with E-state index in [0.717, 1.165) is 19.6 Å². The lowest BCUT2D eigenvalue weighted by molar-refractivity contribution is 0.0563. The number of hydrogen-bond acceptors (Lipinski definition) is 3. The summed E-state index contributed by atoms with van der Waals surface area (Å²) >= 11 is 0. The van der Waals surface area contributed by atoms with Crippen LogP contribution in [0, 0.1) is 0 Å². The van der Waals surface area contributed by atoms with Crippen molar-refractivity contribution in [2.24, 2.45) is 0 Å². The summed E-state index contributed by atoms with van der Waals surface area (Å²) in [5.74, 6) is 0. The minimum atomic E-state index is -0.399. The molecule has 0 spiro atoms. The van der Waals surface area contributed by atoms with E-state index in [0.29, 0.717) is 6.61 Å². The summed E-state index contributed by atoms with van der Waals surface area (Å²) in [6, 6.07) is 0. The minimum Gasteiger partial charge on any atom is -0.386 e. The van der Waals surface area contributed by atoms with Crippen molar-refractivity contribution in [3.05, 3.63) is 0 Å². The van der Waals surface area contributed by atoms with Gasteiger partial charge in [-0.05, 0) is 13.3 Å². The van der Waals surface area contributed by atoms with Crippen molar-refractivity contribution < 1.29 is 14.0 Å². The third kappa shape index (κ3) is 2.34. The van der Waals surface area contributed by atoms with Gasteiger partial charge in [0.15, 0.2) is 0 Å². The van der Waals surface area contributed by atoms with E-state index >= 15 is 0 Å². The molecule has 0 amide bonds. The van der Waals surface area contributed by atoms with E-state index in [4.69, 9.17) is 14.0 Å². The molecule has 0 saturated carbocycles. The molecular formula is C5H11BO3. The Kier molecular flexibility index (Phi) is 3.04. The molecule has 0 aromatic rings. The molecule has 1 aliphatic rings. The third-order valence-corrected chi connectivity index (χ3v) is 1.10. The van der Waals surface area contributed by atoms with Gasteiger partial charge in [0, 0.05) is 19.8 Å². The highest BCUT2D eigenvalue weighted by atomic mass is 16.7. The topological polar surface area (TPSA) is 27.7 Å². The summed E-state index contributed by atoms with van der Waals surface area (Å²) in [5, 5.41) is 0. The van der Waals surface area contributed by atoms with Crippen LogP contribution in [-0.4, -0.2) is 27.1 Å². The van der Waals surface area contributed by atoms with Crippen molar-refractivity contribution in [1.82, 2.24) is 0 Å². The van der Waals surface area contributed by atoms with Crippen LogP contribution in [0.5, 0.6) is 0 Å². The van der Waals surface area contributed by atoms with E-state index in [2.05, 4.69) is 0 Å². The average molecular weight is 130 g/mol. The molecule has 1 saturated heterocycles. The molecular weight excluding hydrogens is 119 g/mol. The Morgan fingerprint density at radius 1 is 1.44 bits per heavy atom. The molecule has 0 aromatic heterocycles. The van der Waals surface area contributed by atoms with Crippen LogP contribution in [0.15, 0.2) is 0 Å². The fourth-order valence-electron chi connectivity index (χ4n) is 0.698. The summed E-state index contributed by atoms with van der Waals surface area (Å²) in [4.78, 5) is 0. The van der Waals surface area contributed by atoms with Gasteiger partial charge in [-0.1, -0.05) is 0 Å². The van der Waals surface area contributed by atoms with Gasteiger partial charge in [0.25, 0.3) is 0 Å². The zero-order chi connectivity index (χ0) is 6.53. The van der Waals surface area contributed by atoms with Gasteiger partial charge < -0.3 is 14.0 Å². The molecule has 0 bridgehead atoms. The highest BCUT2D eigenvalue weighted by molar-refractivity contribution is 6.36. The highest BCUT2D eigenvalue weighted by Gasteiger charge is 2.23. The van der Waals surface area contributed by atoms with Gasteiger partial charge in [-0.15, -0.1) is 0 Å². The Bertz CT molecular complexity index is 69.8. The van der Waals surface area contributed by atoms with Gasteiger partial charge >= 0.3 is 7.32 Å². The Morgan fingerprint density at radius 3 is 2.67 bits per heavy atom. The summed E-state index contributed by atoms with van der Waals surface area (Å²) in [7, 11) is -0.399. The number of rotatable bonds is 2. The predicted octanol–water partition coefficient (Wildman–Crippen LogP) is 0.445. The molecule has 1 aliphatic heterocycles. The first kappa shape index (κ1) is 7.06. The molecule has 52 valence electrons. The van der Waals surface area contributed by atoms with E-state index in [1.165, 1.54) is 0 Å². The van der Waals surface area contributed by atoms with Gasteiger partial charge in [0.05, 0.1) is 0 Å². The van der Waals surface area contributed by atoms with Crippen molar-refractivity contribution in [2.75, 3.05) is 19.8 Å². The molecule has 0 unspecified atom stereocenters. The monoisotopic (exact) mass is 130 g/mol. The molecule has 1 heterocycles. The molecule has 4 heteroatoms. The van der Waals surface area contributed by atoms with E-state index < -0.39 is 7.32 Å². The van der Waals surface area contributed by atoms with Crippen molar-refractivity contribution in [3.63, 3.8) is 0 Å². The predicted molar refractivity (Wildman–Crippen MR) is 33.9 cm³/mol. The maximum absolute atomic E-state index is 5.07. The van der Waals surface area contributed by atoms with Gasteiger partial charge in [-0.25, -0.2) is 0 Å². The normalized spacial score (nSPS) is 20.3.